The van der Waals surface area contributed by atoms with Crippen LogP contribution in [0.4, 0.5) is 34.6 Å². The van der Waals surface area contributed by atoms with Gasteiger partial charge in [-0.15, -0.1) is 14.6 Å². The van der Waals surface area contributed by atoms with Crippen molar-refractivity contribution in [3.63, 3.8) is 0 Å². The molecule has 5 rings (SSSR count). The molecule has 53 heavy (non-hydrogen) atoms. The quantitative estimate of drug-likeness (QED) is 0.0250. The van der Waals surface area contributed by atoms with E-state index < -0.39 is 85.2 Å². The minimum Gasteiger partial charge on any atom is -0.505 e. The number of carbonyl (C=O) groups is 1. The molecule has 0 aliphatic carbocycles. The summed E-state index contributed by atoms with van der Waals surface area (Å²) in [4.78, 5) is 21.2. The highest BCUT2D eigenvalue weighted by Crippen LogP contribution is 2.47. The standard InChI is InChI=1S/C26H18ClN7O15S4/c27-24-30-25(28-15-6-5-12(51(39,40)41)9-14(15)23(36)37)32-26(31-24)29-17-10-13(52(42,43)44)7-11-8-18(50-49-48-38)21(22(35)20(11)17)34-33-16-3-1-2-4-19(16)53(45,46)47/h1-10,35,38H,(H,36,37)(H,39,40,41)(H,42,43,44)(H,45,46,47)(H2,28,29,30,31,32). The van der Waals surface area contributed by atoms with E-state index in [4.69, 9.17) is 16.9 Å². The van der Waals surface area contributed by atoms with Crippen LogP contribution in [-0.2, 0) is 39.7 Å². The topological polar surface area (TPSA) is 347 Å². The second kappa shape index (κ2) is 15.1. The summed E-state index contributed by atoms with van der Waals surface area (Å²) < 4.78 is 105. The Morgan fingerprint density at radius 1 is 0.792 bits per heavy atom. The lowest BCUT2D eigenvalue weighted by Gasteiger charge is -2.15. The van der Waals surface area contributed by atoms with E-state index in [9.17, 15) is 53.9 Å². The predicted octanol–water partition coefficient (Wildman–Crippen LogP) is 5.15. The van der Waals surface area contributed by atoms with Crippen molar-refractivity contribution in [2.24, 2.45) is 10.2 Å². The number of hydrogen-bond donors (Lipinski definition) is 8. The number of aromatic hydroxyl groups is 1. The molecule has 0 fully saturated rings. The van der Waals surface area contributed by atoms with E-state index in [-0.39, 0.29) is 44.8 Å². The number of aromatic nitrogens is 3. The Hall–Kier alpha value is -5.13. The van der Waals surface area contributed by atoms with E-state index in [2.05, 4.69) is 45.2 Å². The van der Waals surface area contributed by atoms with Crippen LogP contribution in [0.3, 0.4) is 0 Å². The van der Waals surface area contributed by atoms with Gasteiger partial charge in [-0.1, -0.05) is 17.2 Å². The number of aromatic carboxylic acids is 1. The van der Waals surface area contributed by atoms with Crippen LogP contribution >= 0.6 is 23.6 Å². The normalized spacial score (nSPS) is 12.3. The average molecular weight is 832 g/mol. The molecule has 1 heterocycles. The maximum Gasteiger partial charge on any atom is 0.337 e. The largest absolute Gasteiger partial charge is 0.505 e. The molecule has 4 aromatic carbocycles. The van der Waals surface area contributed by atoms with Crippen molar-refractivity contribution in [3.8, 4) is 5.75 Å². The summed E-state index contributed by atoms with van der Waals surface area (Å²) in [6, 6.07) is 10.2. The Kier molecular flexibility index (Phi) is 11.1. The second-order valence-electron chi connectivity index (χ2n) is 9.97. The van der Waals surface area contributed by atoms with Crippen LogP contribution in [0.1, 0.15) is 10.4 Å². The van der Waals surface area contributed by atoms with E-state index in [1.807, 2.05) is 0 Å². The van der Waals surface area contributed by atoms with E-state index in [1.165, 1.54) is 12.1 Å². The molecule has 22 nitrogen and oxygen atoms in total. The number of carboxylic acids is 1. The maximum atomic E-state index is 12.3. The summed E-state index contributed by atoms with van der Waals surface area (Å²) >= 11 is 6.29. The first-order valence-electron chi connectivity index (χ1n) is 13.5. The summed E-state index contributed by atoms with van der Waals surface area (Å²) in [5, 5.41) is 45.3. The number of phenols is 1. The van der Waals surface area contributed by atoms with E-state index >= 15 is 0 Å². The van der Waals surface area contributed by atoms with Crippen molar-refractivity contribution in [3.05, 3.63) is 71.5 Å². The van der Waals surface area contributed by atoms with E-state index in [0.29, 0.717) is 6.07 Å². The van der Waals surface area contributed by atoms with Gasteiger partial charge in [0.25, 0.3) is 30.4 Å². The molecule has 0 saturated heterocycles. The van der Waals surface area contributed by atoms with Crippen LogP contribution in [0, 0.1) is 0 Å². The SMILES string of the molecule is O=C(O)c1cc(S(=O)(=O)O)ccc1Nc1nc(Cl)nc(Nc2cc(S(=O)(=O)O)cc3cc(SOOO)c(N=Nc4ccccc4S(=O)(=O)O)c(O)c23)n1. The van der Waals surface area contributed by atoms with Gasteiger partial charge in [0.05, 0.1) is 43.7 Å². The average Bonchev–Trinajstić information content (AvgIpc) is 3.05. The van der Waals surface area contributed by atoms with Gasteiger partial charge in [-0.2, -0.15) is 40.2 Å². The maximum absolute atomic E-state index is 12.3. The molecule has 0 aliphatic heterocycles. The van der Waals surface area contributed by atoms with Gasteiger partial charge in [0.1, 0.15) is 16.3 Å². The monoisotopic (exact) mass is 831 g/mol. The Labute approximate surface area is 305 Å². The molecule has 278 valence electrons. The Balaban J connectivity index is 1.67. The molecule has 0 radical (unpaired) electrons. The number of rotatable bonds is 13. The fourth-order valence-electron chi connectivity index (χ4n) is 4.45. The number of benzene rings is 4. The summed E-state index contributed by atoms with van der Waals surface area (Å²) in [5.41, 5.74) is -2.18. The van der Waals surface area contributed by atoms with Gasteiger partial charge in [-0.25, -0.2) is 10.1 Å². The number of fused-ring (bicyclic) bond motifs is 1. The van der Waals surface area contributed by atoms with Crippen LogP contribution in [0.2, 0.25) is 5.28 Å². The Bertz CT molecular complexity index is 2670. The number of nitrogens with zero attached hydrogens (tertiary/aromatic N) is 5. The van der Waals surface area contributed by atoms with Crippen molar-refractivity contribution in [2.45, 2.75) is 19.6 Å². The zero-order chi connectivity index (χ0) is 38.9. The molecule has 0 atom stereocenters. The molecule has 27 heteroatoms. The molecular formula is C26H18ClN7O15S4. The number of carboxylic acid groups (broad SMARTS) is 1. The van der Waals surface area contributed by atoms with Gasteiger partial charge in [-0.05, 0) is 65.5 Å². The summed E-state index contributed by atoms with van der Waals surface area (Å²) in [5.74, 6) is -3.38. The first kappa shape index (κ1) is 39.1. The minimum absolute atomic E-state index is 0.162. The number of halogens is 1. The molecule has 0 spiro atoms. The third kappa shape index (κ3) is 9.09. The summed E-state index contributed by atoms with van der Waals surface area (Å²) in [6.45, 7) is 0. The van der Waals surface area contributed by atoms with E-state index in [0.717, 1.165) is 42.5 Å². The van der Waals surface area contributed by atoms with Gasteiger partial charge in [0, 0.05) is 5.39 Å². The fraction of sp³-hybridized carbons (Fsp3) is 0. The number of nitrogens with one attached hydrogen (secondary N) is 2. The highest BCUT2D eigenvalue weighted by atomic mass is 35.5. The lowest BCUT2D eigenvalue weighted by atomic mass is 10.1. The molecule has 0 saturated carbocycles. The van der Waals surface area contributed by atoms with Crippen LogP contribution in [-0.4, -0.2) is 75.3 Å². The minimum atomic E-state index is -4.97. The summed E-state index contributed by atoms with van der Waals surface area (Å²) in [7, 11) is -14.5. The Morgan fingerprint density at radius 2 is 1.43 bits per heavy atom. The second-order valence-corrected chi connectivity index (χ2v) is 15.3. The van der Waals surface area contributed by atoms with Crippen molar-refractivity contribution in [1.82, 2.24) is 15.0 Å². The van der Waals surface area contributed by atoms with Gasteiger partial charge in [0.15, 0.2) is 5.75 Å². The van der Waals surface area contributed by atoms with Crippen molar-refractivity contribution in [2.75, 3.05) is 10.6 Å². The molecule has 1 aromatic heterocycles. The first-order valence-corrected chi connectivity index (χ1v) is 18.9. The van der Waals surface area contributed by atoms with Gasteiger partial charge in [0.2, 0.25) is 17.2 Å². The van der Waals surface area contributed by atoms with Gasteiger partial charge >= 0.3 is 5.97 Å². The third-order valence-corrected chi connectivity index (χ3v) is 9.97. The molecule has 0 bridgehead atoms. The summed E-state index contributed by atoms with van der Waals surface area (Å²) in [6.07, 6.45) is 0. The number of phenolic OH excluding ortho intramolecular Hbond substituents is 1. The molecular weight excluding hydrogens is 814 g/mol. The van der Waals surface area contributed by atoms with E-state index in [1.54, 1.807) is 0 Å². The molecule has 5 aromatic rings. The van der Waals surface area contributed by atoms with Crippen LogP contribution in [0.5, 0.6) is 5.75 Å². The molecule has 0 unspecified atom stereocenters. The van der Waals surface area contributed by atoms with Gasteiger partial charge < -0.3 is 20.8 Å². The molecule has 8 N–H and O–H groups in total. The Morgan fingerprint density at radius 3 is 2.04 bits per heavy atom. The number of anilines is 4. The van der Waals surface area contributed by atoms with Crippen LogP contribution in [0.15, 0.2) is 90.5 Å². The number of azo groups is 1. The number of hydrogen-bond acceptors (Lipinski definition) is 19. The zero-order valence-electron chi connectivity index (χ0n) is 25.4. The zero-order valence-corrected chi connectivity index (χ0v) is 29.4. The smallest absolute Gasteiger partial charge is 0.337 e. The highest BCUT2D eigenvalue weighted by molar-refractivity contribution is 7.94. The highest BCUT2D eigenvalue weighted by Gasteiger charge is 2.24. The third-order valence-electron chi connectivity index (χ3n) is 6.60. The molecule has 0 amide bonds. The van der Waals surface area contributed by atoms with Crippen molar-refractivity contribution >= 4 is 105 Å². The van der Waals surface area contributed by atoms with Crippen LogP contribution < -0.4 is 10.6 Å². The fourth-order valence-corrected chi connectivity index (χ4v) is 6.78. The van der Waals surface area contributed by atoms with Crippen molar-refractivity contribution < 1.29 is 68.5 Å². The first-order chi connectivity index (χ1) is 24.8. The molecule has 0 aliphatic rings. The van der Waals surface area contributed by atoms with Crippen LogP contribution in [0.25, 0.3) is 10.8 Å². The lowest BCUT2D eigenvalue weighted by molar-refractivity contribution is -0.432. The predicted molar refractivity (Wildman–Crippen MR) is 181 cm³/mol. The van der Waals surface area contributed by atoms with Gasteiger partial charge in [-0.3, -0.25) is 13.7 Å². The lowest BCUT2D eigenvalue weighted by Crippen LogP contribution is -2.09. The van der Waals surface area contributed by atoms with Crippen molar-refractivity contribution in [1.29, 1.82) is 0 Å².